The number of halogens is 2. The second kappa shape index (κ2) is 11.0. The summed E-state index contributed by atoms with van der Waals surface area (Å²) < 4.78 is 22.1. The lowest BCUT2D eigenvalue weighted by molar-refractivity contribution is -0.120. The molecule has 0 radical (unpaired) electrons. The summed E-state index contributed by atoms with van der Waals surface area (Å²) in [6.45, 7) is 4.53. The number of nitrogens with one attached hydrogen (secondary N) is 1. The third-order valence-electron chi connectivity index (χ3n) is 7.60. The molecule has 210 valence electrons. The zero-order chi connectivity index (χ0) is 28.7. The molecule has 0 spiro atoms. The zero-order valence-electron chi connectivity index (χ0n) is 22.7. The molecule has 2 aliphatic heterocycles. The second-order valence-electron chi connectivity index (χ2n) is 10.4. The molecule has 1 unspecified atom stereocenters. The smallest absolute Gasteiger partial charge is 0.329 e. The van der Waals surface area contributed by atoms with Gasteiger partial charge >= 0.3 is 6.03 Å². The fraction of sp³-hybridized carbons (Fsp3) is 0.258. The Hall–Kier alpha value is -4.21. The van der Waals surface area contributed by atoms with Crippen LogP contribution in [-0.4, -0.2) is 32.9 Å². The van der Waals surface area contributed by atoms with Crippen LogP contribution < -0.4 is 15.0 Å². The molecule has 4 aromatic rings. The van der Waals surface area contributed by atoms with Crippen LogP contribution in [0.5, 0.6) is 5.75 Å². The number of ether oxygens (including phenoxy) is 1. The van der Waals surface area contributed by atoms with Crippen LogP contribution in [0.15, 0.2) is 66.9 Å². The summed E-state index contributed by atoms with van der Waals surface area (Å²) >= 11 is 6.19. The van der Waals surface area contributed by atoms with E-state index in [0.717, 1.165) is 36.6 Å². The van der Waals surface area contributed by atoms with E-state index in [2.05, 4.69) is 33.4 Å². The highest BCUT2D eigenvalue weighted by Crippen LogP contribution is 2.32. The Morgan fingerprint density at radius 1 is 1.07 bits per heavy atom. The number of aromatic nitrogens is 2. The molecule has 10 heteroatoms. The van der Waals surface area contributed by atoms with Gasteiger partial charge in [0.1, 0.15) is 29.3 Å². The lowest BCUT2D eigenvalue weighted by Crippen LogP contribution is -2.50. The third kappa shape index (κ3) is 5.42. The van der Waals surface area contributed by atoms with Crippen molar-refractivity contribution in [3.05, 3.63) is 100.0 Å². The molecule has 3 aromatic carbocycles. The first-order valence-electron chi connectivity index (χ1n) is 13.4. The van der Waals surface area contributed by atoms with Gasteiger partial charge in [0.05, 0.1) is 11.2 Å². The first-order valence-corrected chi connectivity index (χ1v) is 13.8. The van der Waals surface area contributed by atoms with Crippen LogP contribution in [0.3, 0.4) is 0 Å². The van der Waals surface area contributed by atoms with Crippen molar-refractivity contribution in [1.29, 1.82) is 0 Å². The Labute approximate surface area is 242 Å². The molecule has 0 aliphatic carbocycles. The van der Waals surface area contributed by atoms with E-state index in [1.54, 1.807) is 30.2 Å². The zero-order valence-corrected chi connectivity index (χ0v) is 23.5. The van der Waals surface area contributed by atoms with E-state index in [0.29, 0.717) is 28.7 Å². The summed E-state index contributed by atoms with van der Waals surface area (Å²) in [6.07, 6.45) is 1.41. The molecular weight excluding hydrogens is 545 g/mol. The number of anilines is 1. The highest BCUT2D eigenvalue weighted by atomic mass is 35.5. The average Bonchev–Trinajstić information content (AvgIpc) is 3.52. The van der Waals surface area contributed by atoms with Crippen molar-refractivity contribution >= 4 is 29.4 Å². The SMILES string of the molecule is CC(Oc1ccc(CN2Cc3ccc(-c4ncc(N5CCC(=O)NC5=O)n4C)cc3C2)cc1)c1c(F)cccc1Cl. The van der Waals surface area contributed by atoms with Crippen LogP contribution in [0.4, 0.5) is 15.0 Å². The number of nitrogens with zero attached hydrogens (tertiary/aromatic N) is 4. The first-order chi connectivity index (χ1) is 19.8. The van der Waals surface area contributed by atoms with Gasteiger partial charge in [0, 0.05) is 50.8 Å². The maximum atomic E-state index is 14.3. The molecule has 1 atom stereocenters. The fourth-order valence-corrected chi connectivity index (χ4v) is 5.83. The molecule has 1 N–H and O–H groups in total. The number of rotatable bonds is 7. The number of urea groups is 1. The maximum Gasteiger partial charge on any atom is 0.329 e. The van der Waals surface area contributed by atoms with Crippen molar-refractivity contribution in [3.63, 3.8) is 0 Å². The predicted molar refractivity (Wildman–Crippen MR) is 154 cm³/mol. The van der Waals surface area contributed by atoms with Crippen molar-refractivity contribution in [3.8, 4) is 17.1 Å². The number of carbonyl (C=O) groups is 2. The van der Waals surface area contributed by atoms with Crippen molar-refractivity contribution < 1.29 is 18.7 Å². The summed E-state index contributed by atoms with van der Waals surface area (Å²) in [5.74, 6) is 1.41. The monoisotopic (exact) mass is 573 g/mol. The number of benzene rings is 3. The van der Waals surface area contributed by atoms with Crippen LogP contribution in [0.1, 0.15) is 41.7 Å². The van der Waals surface area contributed by atoms with E-state index >= 15 is 0 Å². The van der Waals surface area contributed by atoms with E-state index in [-0.39, 0.29) is 18.1 Å². The van der Waals surface area contributed by atoms with Gasteiger partial charge in [0.15, 0.2) is 0 Å². The predicted octanol–water partition coefficient (Wildman–Crippen LogP) is 5.98. The maximum absolute atomic E-state index is 14.3. The number of amides is 3. The van der Waals surface area contributed by atoms with Crippen LogP contribution >= 0.6 is 11.6 Å². The quantitative estimate of drug-likeness (QED) is 0.294. The number of carbonyl (C=O) groups excluding carboxylic acids is 2. The van der Waals surface area contributed by atoms with Gasteiger partial charge in [0.25, 0.3) is 0 Å². The molecule has 0 bridgehead atoms. The minimum atomic E-state index is -0.521. The van der Waals surface area contributed by atoms with Crippen LogP contribution in [0.2, 0.25) is 5.02 Å². The Morgan fingerprint density at radius 2 is 1.85 bits per heavy atom. The highest BCUT2D eigenvalue weighted by molar-refractivity contribution is 6.31. The molecule has 8 nitrogen and oxygen atoms in total. The molecule has 41 heavy (non-hydrogen) atoms. The number of hydrogen-bond donors (Lipinski definition) is 1. The average molecular weight is 574 g/mol. The minimum absolute atomic E-state index is 0.262. The Kier molecular flexibility index (Phi) is 7.23. The highest BCUT2D eigenvalue weighted by Gasteiger charge is 2.28. The topological polar surface area (TPSA) is 79.7 Å². The fourth-order valence-electron chi connectivity index (χ4n) is 5.51. The van der Waals surface area contributed by atoms with Crippen molar-refractivity contribution in [1.82, 2.24) is 19.8 Å². The van der Waals surface area contributed by atoms with Gasteiger partial charge in [-0.25, -0.2) is 14.2 Å². The van der Waals surface area contributed by atoms with Gasteiger partial charge in [0.2, 0.25) is 5.91 Å². The Morgan fingerprint density at radius 3 is 2.61 bits per heavy atom. The lowest BCUT2D eigenvalue weighted by atomic mass is 10.1. The van der Waals surface area contributed by atoms with Gasteiger partial charge in [-0.15, -0.1) is 0 Å². The van der Waals surface area contributed by atoms with E-state index in [1.807, 2.05) is 35.9 Å². The summed E-state index contributed by atoms with van der Waals surface area (Å²) in [7, 11) is 1.87. The second-order valence-corrected chi connectivity index (χ2v) is 10.8. The molecule has 1 saturated heterocycles. The van der Waals surface area contributed by atoms with Gasteiger partial charge < -0.3 is 9.30 Å². The van der Waals surface area contributed by atoms with Gasteiger partial charge in [-0.05, 0) is 53.9 Å². The molecule has 1 fully saturated rings. The standard InChI is InChI=1S/C31H29ClFN5O3/c1-19(29-25(32)4-3-5-26(29)33)41-24-10-6-20(7-11-24)16-37-17-22-9-8-21(14-23(22)18-37)30-34-15-28(36(30)2)38-13-12-27(39)35-31(38)40/h3-11,14-15,19H,12-13,16-18H2,1-2H3,(H,35,39,40). The molecule has 2 aliphatic rings. The van der Waals surface area contributed by atoms with E-state index in [4.69, 9.17) is 16.3 Å². The molecule has 0 saturated carbocycles. The Bertz CT molecular complexity index is 1620. The van der Waals surface area contributed by atoms with Crippen molar-refractivity contribution in [2.75, 3.05) is 11.4 Å². The van der Waals surface area contributed by atoms with E-state index < -0.39 is 12.1 Å². The Balaban J connectivity index is 1.10. The summed E-state index contributed by atoms with van der Waals surface area (Å²) in [5, 5.41) is 2.71. The van der Waals surface area contributed by atoms with E-state index in [9.17, 15) is 14.0 Å². The third-order valence-corrected chi connectivity index (χ3v) is 7.92. The van der Waals surface area contributed by atoms with Crippen molar-refractivity contribution in [2.24, 2.45) is 7.05 Å². The summed E-state index contributed by atoms with van der Waals surface area (Å²) in [5.41, 5.74) is 4.98. The molecule has 3 amide bonds. The van der Waals surface area contributed by atoms with Crippen LogP contribution in [0, 0.1) is 5.82 Å². The molecule has 3 heterocycles. The normalized spacial score (nSPS) is 16.0. The summed E-state index contributed by atoms with van der Waals surface area (Å²) in [6, 6.07) is 18.4. The van der Waals surface area contributed by atoms with Crippen LogP contribution in [0.25, 0.3) is 11.4 Å². The molecule has 6 rings (SSSR count). The largest absolute Gasteiger partial charge is 0.486 e. The van der Waals surface area contributed by atoms with Crippen molar-refractivity contribution in [2.45, 2.75) is 39.1 Å². The number of imidazole rings is 1. The van der Waals surface area contributed by atoms with Crippen LogP contribution in [-0.2, 0) is 31.5 Å². The van der Waals surface area contributed by atoms with Gasteiger partial charge in [-0.3, -0.25) is 19.9 Å². The van der Waals surface area contributed by atoms with Gasteiger partial charge in [-0.1, -0.05) is 41.9 Å². The number of imide groups is 1. The van der Waals surface area contributed by atoms with Gasteiger partial charge in [-0.2, -0.15) is 0 Å². The number of fused-ring (bicyclic) bond motifs is 1. The lowest BCUT2D eigenvalue weighted by Gasteiger charge is -2.26. The number of hydrogen-bond acceptors (Lipinski definition) is 5. The molecule has 1 aromatic heterocycles. The summed E-state index contributed by atoms with van der Waals surface area (Å²) in [4.78, 5) is 32.3. The minimum Gasteiger partial charge on any atom is -0.486 e. The van der Waals surface area contributed by atoms with E-state index in [1.165, 1.54) is 17.2 Å². The first kappa shape index (κ1) is 27.0. The molecular formula is C31H29ClFN5O3.